The first-order chi connectivity index (χ1) is 17.2. The smallest absolute Gasteiger partial charge is 0.326 e. The zero-order valence-corrected chi connectivity index (χ0v) is 20.4. The molecule has 2 aromatic rings. The molecular weight excluding hydrogens is 467 g/mol. The highest BCUT2D eigenvalue weighted by Gasteiger charge is 2.66. The number of imide groups is 1. The average Bonchev–Trinajstić information content (AvgIpc) is 3.32. The summed E-state index contributed by atoms with van der Waals surface area (Å²) >= 11 is 0. The van der Waals surface area contributed by atoms with Gasteiger partial charge in [-0.3, -0.25) is 24.6 Å². The number of ether oxygens (including phenoxy) is 1. The largest absolute Gasteiger partial charge is 0.468 e. The van der Waals surface area contributed by atoms with Crippen LogP contribution in [0.2, 0.25) is 0 Å². The second kappa shape index (κ2) is 10.1. The summed E-state index contributed by atoms with van der Waals surface area (Å²) in [5.74, 6) is -3.73. The number of carbonyl (C=O) groups excluding carboxylic acids is 4. The van der Waals surface area contributed by atoms with Crippen LogP contribution < -0.4 is 10.6 Å². The molecule has 4 atom stereocenters. The Hall–Kier alpha value is -3.79. The number of anilines is 1. The van der Waals surface area contributed by atoms with Crippen molar-refractivity contribution in [1.82, 2.24) is 15.1 Å². The van der Waals surface area contributed by atoms with Crippen LogP contribution in [0.25, 0.3) is 0 Å². The molecule has 2 N–H and O–H groups in total. The molecule has 0 aromatic heterocycles. The molecule has 36 heavy (non-hydrogen) atoms. The number of nitrogens with one attached hydrogen (secondary N) is 2. The van der Waals surface area contributed by atoms with Crippen LogP contribution in [0.15, 0.2) is 54.6 Å². The van der Waals surface area contributed by atoms with Gasteiger partial charge < -0.3 is 15.0 Å². The summed E-state index contributed by atoms with van der Waals surface area (Å²) in [6.07, 6.45) is 0. The van der Waals surface area contributed by atoms with E-state index < -0.39 is 53.0 Å². The summed E-state index contributed by atoms with van der Waals surface area (Å²) in [5.41, 5.74) is -0.232. The maximum absolute atomic E-state index is 13.5. The van der Waals surface area contributed by atoms with Crippen molar-refractivity contribution >= 4 is 29.5 Å². The van der Waals surface area contributed by atoms with Crippen molar-refractivity contribution in [3.8, 4) is 0 Å². The molecule has 2 saturated heterocycles. The van der Waals surface area contributed by atoms with Crippen molar-refractivity contribution in [2.75, 3.05) is 25.5 Å². The number of likely N-dealkylation sites (N-methyl/N-ethyl adjacent to an activating group) is 1. The lowest BCUT2D eigenvalue weighted by Crippen LogP contribution is -2.56. The number of hydrogen-bond acceptors (Lipinski definition) is 6. The zero-order chi connectivity index (χ0) is 26.0. The van der Waals surface area contributed by atoms with Gasteiger partial charge in [-0.1, -0.05) is 30.3 Å². The third kappa shape index (κ3) is 4.56. The fourth-order valence-corrected chi connectivity index (χ4v) is 5.14. The molecule has 9 nitrogen and oxygen atoms in total. The summed E-state index contributed by atoms with van der Waals surface area (Å²) < 4.78 is 18.2. The maximum atomic E-state index is 13.5. The second-order valence-electron chi connectivity index (χ2n) is 9.17. The van der Waals surface area contributed by atoms with Crippen molar-refractivity contribution in [3.63, 3.8) is 0 Å². The number of benzene rings is 2. The third-order valence-corrected chi connectivity index (χ3v) is 6.96. The van der Waals surface area contributed by atoms with E-state index in [2.05, 4.69) is 10.6 Å². The molecule has 4 amide bonds. The lowest BCUT2D eigenvalue weighted by Gasteiger charge is -2.30. The molecule has 0 aliphatic carbocycles. The number of esters is 1. The summed E-state index contributed by atoms with van der Waals surface area (Å²) in [7, 11) is 1.23. The fraction of sp³-hybridized carbons (Fsp3) is 0.385. The monoisotopic (exact) mass is 496 g/mol. The SMILES string of the molecule is CCN(C[C@H]1N[C@@](C)(C(=O)OC)[C@H]2C(=O)N(Cc3ccccc3)C(=O)[C@@H]12)C(=O)Nc1ccc(F)cc1. The van der Waals surface area contributed by atoms with E-state index in [-0.39, 0.29) is 13.1 Å². The third-order valence-electron chi connectivity index (χ3n) is 6.96. The minimum Gasteiger partial charge on any atom is -0.468 e. The molecule has 0 saturated carbocycles. The predicted octanol–water partition coefficient (Wildman–Crippen LogP) is 2.38. The van der Waals surface area contributed by atoms with E-state index >= 15 is 0 Å². The molecule has 10 heteroatoms. The van der Waals surface area contributed by atoms with Gasteiger partial charge in [0.2, 0.25) is 11.8 Å². The van der Waals surface area contributed by atoms with Gasteiger partial charge >= 0.3 is 12.0 Å². The molecule has 0 unspecified atom stereocenters. The van der Waals surface area contributed by atoms with Gasteiger partial charge in [-0.25, -0.2) is 9.18 Å². The number of nitrogens with zero attached hydrogens (tertiary/aromatic N) is 2. The number of halogens is 1. The van der Waals surface area contributed by atoms with Gasteiger partial charge in [0.05, 0.1) is 25.5 Å². The molecular formula is C26H29FN4O5. The van der Waals surface area contributed by atoms with Crippen LogP contribution in [-0.2, 0) is 25.7 Å². The highest BCUT2D eigenvalue weighted by atomic mass is 19.1. The van der Waals surface area contributed by atoms with Gasteiger partial charge in [-0.05, 0) is 43.7 Å². The molecule has 0 bridgehead atoms. The number of rotatable bonds is 7. The molecule has 2 aliphatic heterocycles. The van der Waals surface area contributed by atoms with Gasteiger partial charge in [0.25, 0.3) is 0 Å². The Bertz CT molecular complexity index is 1160. The van der Waals surface area contributed by atoms with Gasteiger partial charge in [0.15, 0.2) is 0 Å². The molecule has 4 rings (SSSR count). The topological polar surface area (TPSA) is 108 Å². The second-order valence-corrected chi connectivity index (χ2v) is 9.17. The Kier molecular flexibility index (Phi) is 7.07. The Morgan fingerprint density at radius 1 is 1.11 bits per heavy atom. The number of likely N-dealkylation sites (tertiary alicyclic amines) is 1. The summed E-state index contributed by atoms with van der Waals surface area (Å²) in [6, 6.07) is 13.4. The van der Waals surface area contributed by atoms with Crippen LogP contribution in [0.4, 0.5) is 14.9 Å². The minimum absolute atomic E-state index is 0.0650. The molecule has 0 spiro atoms. The van der Waals surface area contributed by atoms with Crippen molar-refractivity contribution < 1.29 is 28.3 Å². The van der Waals surface area contributed by atoms with Crippen LogP contribution in [0, 0.1) is 17.7 Å². The first kappa shape index (κ1) is 25.3. The summed E-state index contributed by atoms with van der Waals surface area (Å²) in [6.45, 7) is 3.79. The Labute approximate surface area is 208 Å². The van der Waals surface area contributed by atoms with Gasteiger partial charge in [-0.2, -0.15) is 0 Å². The van der Waals surface area contributed by atoms with Crippen LogP contribution in [0.3, 0.4) is 0 Å². The predicted molar refractivity (Wildman–Crippen MR) is 129 cm³/mol. The highest BCUT2D eigenvalue weighted by Crippen LogP contribution is 2.44. The normalized spacial score (nSPS) is 25.0. The molecule has 2 heterocycles. The molecule has 0 radical (unpaired) electrons. The number of carbonyl (C=O) groups is 4. The van der Waals surface area contributed by atoms with E-state index in [1.165, 1.54) is 41.2 Å². The van der Waals surface area contributed by atoms with Crippen LogP contribution in [-0.4, -0.2) is 65.4 Å². The fourth-order valence-electron chi connectivity index (χ4n) is 5.14. The van der Waals surface area contributed by atoms with Crippen LogP contribution in [0.1, 0.15) is 19.4 Å². The van der Waals surface area contributed by atoms with Gasteiger partial charge in [0, 0.05) is 24.8 Å². The first-order valence-corrected chi connectivity index (χ1v) is 11.8. The Morgan fingerprint density at radius 3 is 2.39 bits per heavy atom. The van der Waals surface area contributed by atoms with Crippen molar-refractivity contribution in [1.29, 1.82) is 0 Å². The number of fused-ring (bicyclic) bond motifs is 1. The zero-order valence-electron chi connectivity index (χ0n) is 20.4. The van der Waals surface area contributed by atoms with E-state index in [1.54, 1.807) is 13.8 Å². The standard InChI is InChI=1S/C26H29FN4O5/c1-4-30(25(35)28-18-12-10-17(27)11-13-18)15-19-20-21(26(2,29-19)24(34)36-3)23(33)31(22(20)32)14-16-8-6-5-7-9-16/h5-13,19-21,29H,4,14-15H2,1-3H3,(H,28,35)/t19-,20+,21-,26-/m1/s1. The first-order valence-electron chi connectivity index (χ1n) is 11.8. The number of amides is 4. The maximum Gasteiger partial charge on any atom is 0.326 e. The van der Waals surface area contributed by atoms with Crippen molar-refractivity contribution in [2.45, 2.75) is 32.0 Å². The molecule has 2 fully saturated rings. The van der Waals surface area contributed by atoms with Crippen molar-refractivity contribution in [3.05, 3.63) is 66.0 Å². The molecule has 2 aliphatic rings. The van der Waals surface area contributed by atoms with Crippen LogP contribution in [0.5, 0.6) is 0 Å². The van der Waals surface area contributed by atoms with Crippen LogP contribution >= 0.6 is 0 Å². The summed E-state index contributed by atoms with van der Waals surface area (Å²) in [4.78, 5) is 55.4. The number of methoxy groups -OCH3 is 1. The van der Waals surface area contributed by atoms with E-state index in [0.29, 0.717) is 12.2 Å². The Balaban J connectivity index is 1.58. The lowest BCUT2D eigenvalue weighted by molar-refractivity contribution is -0.153. The Morgan fingerprint density at radius 2 is 1.78 bits per heavy atom. The lowest BCUT2D eigenvalue weighted by atomic mass is 9.81. The quantitative estimate of drug-likeness (QED) is 0.450. The highest BCUT2D eigenvalue weighted by molar-refractivity contribution is 6.09. The molecule has 2 aromatic carbocycles. The van der Waals surface area contributed by atoms with Crippen molar-refractivity contribution in [2.24, 2.45) is 11.8 Å². The van der Waals surface area contributed by atoms with E-state index in [9.17, 15) is 23.6 Å². The number of hydrogen-bond donors (Lipinski definition) is 2. The van der Waals surface area contributed by atoms with E-state index in [4.69, 9.17) is 4.74 Å². The van der Waals surface area contributed by atoms with Gasteiger partial charge in [0.1, 0.15) is 11.4 Å². The van der Waals surface area contributed by atoms with Gasteiger partial charge in [-0.15, -0.1) is 0 Å². The number of urea groups is 1. The molecule has 190 valence electrons. The summed E-state index contributed by atoms with van der Waals surface area (Å²) in [5, 5.41) is 5.85. The van der Waals surface area contributed by atoms with E-state index in [0.717, 1.165) is 5.56 Å². The minimum atomic E-state index is -1.44. The van der Waals surface area contributed by atoms with E-state index in [1.807, 2.05) is 30.3 Å². The average molecular weight is 497 g/mol.